The largest absolute Gasteiger partial charge is 0.356 e. The van der Waals surface area contributed by atoms with Crippen LogP contribution in [0.25, 0.3) is 0 Å². The fourth-order valence-corrected chi connectivity index (χ4v) is 2.27. The van der Waals surface area contributed by atoms with E-state index in [4.69, 9.17) is 0 Å². The van der Waals surface area contributed by atoms with Crippen LogP contribution in [0.2, 0.25) is 0 Å². The number of carbonyl (C=O) groups is 1. The van der Waals surface area contributed by atoms with Gasteiger partial charge in [-0.25, -0.2) is 0 Å². The molecule has 16 heavy (non-hydrogen) atoms. The van der Waals surface area contributed by atoms with Gasteiger partial charge in [-0.3, -0.25) is 4.79 Å². The monoisotopic (exact) mass is 217 g/mol. The number of benzene rings is 1. The number of carbonyl (C=O) groups excluding carboxylic acids is 1. The first-order valence-corrected chi connectivity index (χ1v) is 6.03. The predicted molar refractivity (Wildman–Crippen MR) is 65.4 cm³/mol. The Morgan fingerprint density at radius 3 is 2.50 bits per heavy atom. The second-order valence-corrected chi connectivity index (χ2v) is 4.97. The summed E-state index contributed by atoms with van der Waals surface area (Å²) in [7, 11) is 0. The molecule has 0 spiro atoms. The number of hydrogen-bond acceptors (Lipinski definition) is 1. The lowest BCUT2D eigenvalue weighted by Gasteiger charge is -2.09. The summed E-state index contributed by atoms with van der Waals surface area (Å²) >= 11 is 0. The Balaban J connectivity index is 2.09. The molecule has 1 unspecified atom stereocenters. The highest BCUT2D eigenvalue weighted by molar-refractivity contribution is 5.85. The third-order valence-electron chi connectivity index (χ3n) is 3.07. The van der Waals surface area contributed by atoms with Gasteiger partial charge >= 0.3 is 0 Å². The maximum absolute atomic E-state index is 11.5. The molecule has 1 aromatic carbocycles. The van der Waals surface area contributed by atoms with Gasteiger partial charge in [0.2, 0.25) is 5.91 Å². The Kier molecular flexibility index (Phi) is 3.28. The van der Waals surface area contributed by atoms with E-state index in [1.807, 2.05) is 0 Å². The van der Waals surface area contributed by atoms with Crippen LogP contribution in [0, 0.1) is 5.92 Å². The van der Waals surface area contributed by atoms with E-state index in [-0.39, 0.29) is 11.8 Å². The zero-order chi connectivity index (χ0) is 11.5. The smallest absolute Gasteiger partial charge is 0.227 e. The summed E-state index contributed by atoms with van der Waals surface area (Å²) in [6.45, 7) is 5.26. The van der Waals surface area contributed by atoms with Crippen LogP contribution >= 0.6 is 0 Å². The Labute approximate surface area is 97.1 Å². The van der Waals surface area contributed by atoms with E-state index in [0.29, 0.717) is 5.92 Å². The molecule has 2 nitrogen and oxygen atoms in total. The zero-order valence-electron chi connectivity index (χ0n) is 9.99. The molecular formula is C14H19NO. The van der Waals surface area contributed by atoms with Crippen LogP contribution in [0.1, 0.15) is 37.3 Å². The SMILES string of the molecule is CC(C)Cc1ccc(C2CCNC2=O)cc1. The molecule has 1 amide bonds. The van der Waals surface area contributed by atoms with Crippen LogP contribution in [-0.2, 0) is 11.2 Å². The second-order valence-electron chi connectivity index (χ2n) is 4.97. The molecule has 1 aliphatic heterocycles. The van der Waals surface area contributed by atoms with Gasteiger partial charge in [-0.05, 0) is 29.9 Å². The third-order valence-corrected chi connectivity index (χ3v) is 3.07. The van der Waals surface area contributed by atoms with Crippen molar-refractivity contribution in [3.05, 3.63) is 35.4 Å². The van der Waals surface area contributed by atoms with Crippen molar-refractivity contribution in [2.75, 3.05) is 6.54 Å². The molecule has 1 atom stereocenters. The summed E-state index contributed by atoms with van der Waals surface area (Å²) < 4.78 is 0. The van der Waals surface area contributed by atoms with Crippen molar-refractivity contribution < 1.29 is 4.79 Å². The molecule has 86 valence electrons. The minimum Gasteiger partial charge on any atom is -0.356 e. The second kappa shape index (κ2) is 4.69. The lowest BCUT2D eigenvalue weighted by Crippen LogP contribution is -2.17. The van der Waals surface area contributed by atoms with Gasteiger partial charge in [-0.15, -0.1) is 0 Å². The molecule has 0 bridgehead atoms. The van der Waals surface area contributed by atoms with E-state index in [9.17, 15) is 4.79 Å². The van der Waals surface area contributed by atoms with Crippen LogP contribution in [0.15, 0.2) is 24.3 Å². The Morgan fingerprint density at radius 1 is 1.31 bits per heavy atom. The Morgan fingerprint density at radius 2 is 2.00 bits per heavy atom. The highest BCUT2D eigenvalue weighted by Gasteiger charge is 2.25. The normalized spacial score (nSPS) is 20.2. The van der Waals surface area contributed by atoms with Gasteiger partial charge in [-0.2, -0.15) is 0 Å². The van der Waals surface area contributed by atoms with E-state index in [2.05, 4.69) is 43.4 Å². The standard InChI is InChI=1S/C14H19NO/c1-10(2)9-11-3-5-12(6-4-11)13-7-8-15-14(13)16/h3-6,10,13H,7-9H2,1-2H3,(H,15,16). The molecular weight excluding hydrogens is 198 g/mol. The first-order chi connectivity index (χ1) is 7.66. The number of nitrogens with one attached hydrogen (secondary N) is 1. The van der Waals surface area contributed by atoms with Crippen molar-refractivity contribution in [2.45, 2.75) is 32.6 Å². The van der Waals surface area contributed by atoms with E-state index in [1.54, 1.807) is 0 Å². The van der Waals surface area contributed by atoms with Crippen molar-refractivity contribution in [1.82, 2.24) is 5.32 Å². The zero-order valence-corrected chi connectivity index (χ0v) is 9.99. The topological polar surface area (TPSA) is 29.1 Å². The van der Waals surface area contributed by atoms with E-state index in [0.717, 1.165) is 24.9 Å². The maximum atomic E-state index is 11.5. The van der Waals surface area contributed by atoms with Crippen molar-refractivity contribution >= 4 is 5.91 Å². The number of rotatable bonds is 3. The Hall–Kier alpha value is -1.31. The first kappa shape index (κ1) is 11.2. The van der Waals surface area contributed by atoms with E-state index in [1.165, 1.54) is 5.56 Å². The first-order valence-electron chi connectivity index (χ1n) is 6.03. The average molecular weight is 217 g/mol. The molecule has 1 aromatic rings. The molecule has 0 aromatic heterocycles. The van der Waals surface area contributed by atoms with Gasteiger partial charge in [0, 0.05) is 6.54 Å². The van der Waals surface area contributed by atoms with Gasteiger partial charge < -0.3 is 5.32 Å². The summed E-state index contributed by atoms with van der Waals surface area (Å²) in [6, 6.07) is 8.52. The summed E-state index contributed by atoms with van der Waals surface area (Å²) in [5.41, 5.74) is 2.51. The van der Waals surface area contributed by atoms with Gasteiger partial charge in [0.05, 0.1) is 5.92 Å². The molecule has 0 saturated carbocycles. The van der Waals surface area contributed by atoms with Crippen molar-refractivity contribution in [2.24, 2.45) is 5.92 Å². The molecule has 2 heteroatoms. The van der Waals surface area contributed by atoms with Crippen molar-refractivity contribution in [3.8, 4) is 0 Å². The van der Waals surface area contributed by atoms with E-state index >= 15 is 0 Å². The molecule has 0 aliphatic carbocycles. The molecule has 2 rings (SSSR count). The predicted octanol–water partition coefficient (Wildman–Crippen LogP) is 2.49. The van der Waals surface area contributed by atoms with Crippen molar-refractivity contribution in [1.29, 1.82) is 0 Å². The van der Waals surface area contributed by atoms with E-state index < -0.39 is 0 Å². The number of hydrogen-bond donors (Lipinski definition) is 1. The fourth-order valence-electron chi connectivity index (χ4n) is 2.27. The van der Waals surface area contributed by atoms with Crippen LogP contribution in [0.3, 0.4) is 0 Å². The minimum absolute atomic E-state index is 0.0769. The lowest BCUT2D eigenvalue weighted by atomic mass is 9.95. The summed E-state index contributed by atoms with van der Waals surface area (Å²) in [5.74, 6) is 0.935. The van der Waals surface area contributed by atoms with Gasteiger partial charge in [0.25, 0.3) is 0 Å². The maximum Gasteiger partial charge on any atom is 0.227 e. The minimum atomic E-state index is 0.0769. The molecule has 1 heterocycles. The summed E-state index contributed by atoms with van der Waals surface area (Å²) in [6.07, 6.45) is 2.04. The van der Waals surface area contributed by atoms with Gasteiger partial charge in [-0.1, -0.05) is 38.1 Å². The van der Waals surface area contributed by atoms with Crippen molar-refractivity contribution in [3.63, 3.8) is 0 Å². The molecule has 1 saturated heterocycles. The number of amides is 1. The van der Waals surface area contributed by atoms with Crippen LogP contribution in [0.5, 0.6) is 0 Å². The third kappa shape index (κ3) is 2.43. The summed E-state index contributed by atoms with van der Waals surface area (Å²) in [4.78, 5) is 11.5. The lowest BCUT2D eigenvalue weighted by molar-refractivity contribution is -0.120. The quantitative estimate of drug-likeness (QED) is 0.828. The Bertz CT molecular complexity index is 367. The van der Waals surface area contributed by atoms with Crippen LogP contribution in [-0.4, -0.2) is 12.5 Å². The highest BCUT2D eigenvalue weighted by atomic mass is 16.2. The van der Waals surface area contributed by atoms with Crippen LogP contribution in [0.4, 0.5) is 0 Å². The highest BCUT2D eigenvalue weighted by Crippen LogP contribution is 2.24. The molecule has 0 radical (unpaired) electrons. The average Bonchev–Trinajstić information content (AvgIpc) is 2.65. The van der Waals surface area contributed by atoms with Gasteiger partial charge in [0.15, 0.2) is 0 Å². The molecule has 1 fully saturated rings. The molecule has 1 N–H and O–H groups in total. The van der Waals surface area contributed by atoms with Gasteiger partial charge in [0.1, 0.15) is 0 Å². The van der Waals surface area contributed by atoms with Crippen LogP contribution < -0.4 is 5.32 Å². The summed E-state index contributed by atoms with van der Waals surface area (Å²) in [5, 5.41) is 2.88. The molecule has 1 aliphatic rings. The fraction of sp³-hybridized carbons (Fsp3) is 0.500.